The van der Waals surface area contributed by atoms with Gasteiger partial charge < -0.3 is 10.6 Å². The SMILES string of the molecule is CCc1nc(NC(=O)C2CC(=O)Nc3cc(F)ccc32)sc1C. The third kappa shape index (κ3) is 3.10. The van der Waals surface area contributed by atoms with E-state index in [9.17, 15) is 14.0 Å². The number of hydrogen-bond donors (Lipinski definition) is 2. The van der Waals surface area contributed by atoms with Gasteiger partial charge in [-0.1, -0.05) is 13.0 Å². The standard InChI is InChI=1S/C16H16FN3O2S/c1-3-12-8(2)23-16(19-12)20-15(22)11-7-14(21)18-13-6-9(17)4-5-10(11)13/h4-6,11H,3,7H2,1-2H3,(H,18,21)(H,19,20,22). The van der Waals surface area contributed by atoms with E-state index in [1.807, 2.05) is 13.8 Å². The minimum absolute atomic E-state index is 0.0372. The molecule has 7 heteroatoms. The van der Waals surface area contributed by atoms with Crippen LogP contribution in [0.25, 0.3) is 0 Å². The monoisotopic (exact) mass is 333 g/mol. The number of aryl methyl sites for hydroxylation is 2. The molecule has 2 N–H and O–H groups in total. The zero-order chi connectivity index (χ0) is 16.6. The molecule has 0 aliphatic carbocycles. The Bertz CT molecular complexity index is 788. The second-order valence-corrected chi connectivity index (χ2v) is 6.60. The first-order chi connectivity index (χ1) is 11.0. The van der Waals surface area contributed by atoms with E-state index in [1.54, 1.807) is 6.07 Å². The summed E-state index contributed by atoms with van der Waals surface area (Å²) in [6, 6.07) is 4.06. The highest BCUT2D eigenvalue weighted by molar-refractivity contribution is 7.15. The minimum atomic E-state index is -0.645. The summed E-state index contributed by atoms with van der Waals surface area (Å²) in [6.45, 7) is 3.96. The Hall–Kier alpha value is -2.28. The van der Waals surface area contributed by atoms with Gasteiger partial charge in [0.2, 0.25) is 11.8 Å². The lowest BCUT2D eigenvalue weighted by Crippen LogP contribution is -2.30. The molecule has 0 saturated carbocycles. The van der Waals surface area contributed by atoms with Crippen LogP contribution < -0.4 is 10.6 Å². The Morgan fingerprint density at radius 3 is 3.00 bits per heavy atom. The van der Waals surface area contributed by atoms with Crippen molar-refractivity contribution in [3.8, 4) is 0 Å². The number of thiazole rings is 1. The van der Waals surface area contributed by atoms with Crippen LogP contribution in [0.15, 0.2) is 18.2 Å². The number of amides is 2. The summed E-state index contributed by atoms with van der Waals surface area (Å²) in [5, 5.41) is 5.90. The number of benzene rings is 1. The summed E-state index contributed by atoms with van der Waals surface area (Å²) < 4.78 is 13.3. The Morgan fingerprint density at radius 1 is 1.52 bits per heavy atom. The van der Waals surface area contributed by atoms with Gasteiger partial charge in [-0.3, -0.25) is 9.59 Å². The van der Waals surface area contributed by atoms with Crippen LogP contribution in [-0.2, 0) is 16.0 Å². The first-order valence-corrected chi connectivity index (χ1v) is 8.16. The van der Waals surface area contributed by atoms with Crippen LogP contribution in [-0.4, -0.2) is 16.8 Å². The van der Waals surface area contributed by atoms with Gasteiger partial charge in [0, 0.05) is 17.0 Å². The molecule has 23 heavy (non-hydrogen) atoms. The number of aromatic nitrogens is 1. The summed E-state index contributed by atoms with van der Waals surface area (Å²) in [5.41, 5.74) is 1.92. The van der Waals surface area contributed by atoms with E-state index in [0.717, 1.165) is 17.0 Å². The molecule has 0 spiro atoms. The molecule has 1 unspecified atom stereocenters. The molecule has 2 amide bonds. The number of halogens is 1. The first-order valence-electron chi connectivity index (χ1n) is 7.34. The maximum absolute atomic E-state index is 13.3. The lowest BCUT2D eigenvalue weighted by Gasteiger charge is -2.24. The molecule has 0 saturated heterocycles. The van der Waals surface area contributed by atoms with Crippen LogP contribution in [0.3, 0.4) is 0 Å². The number of anilines is 2. The van der Waals surface area contributed by atoms with Crippen LogP contribution in [0, 0.1) is 12.7 Å². The fourth-order valence-electron chi connectivity index (χ4n) is 2.67. The molecule has 2 aromatic rings. The molecule has 1 aliphatic heterocycles. The van der Waals surface area contributed by atoms with Gasteiger partial charge in [-0.05, 0) is 31.0 Å². The van der Waals surface area contributed by atoms with Crippen molar-refractivity contribution in [1.29, 1.82) is 0 Å². The van der Waals surface area contributed by atoms with E-state index in [4.69, 9.17) is 0 Å². The van der Waals surface area contributed by atoms with Gasteiger partial charge in [-0.25, -0.2) is 9.37 Å². The Morgan fingerprint density at radius 2 is 2.30 bits per heavy atom. The van der Waals surface area contributed by atoms with E-state index >= 15 is 0 Å². The maximum atomic E-state index is 13.3. The highest BCUT2D eigenvalue weighted by Gasteiger charge is 2.31. The third-order valence-electron chi connectivity index (χ3n) is 3.83. The maximum Gasteiger partial charge on any atom is 0.234 e. The molecule has 1 aromatic heterocycles. The molecule has 0 bridgehead atoms. The second kappa shape index (κ2) is 6.08. The number of hydrogen-bond acceptors (Lipinski definition) is 4. The van der Waals surface area contributed by atoms with Crippen molar-refractivity contribution in [2.75, 3.05) is 10.6 Å². The molecule has 120 valence electrons. The lowest BCUT2D eigenvalue weighted by atomic mass is 9.90. The van der Waals surface area contributed by atoms with E-state index in [2.05, 4.69) is 15.6 Å². The average Bonchev–Trinajstić information content (AvgIpc) is 2.85. The summed E-state index contributed by atoms with van der Waals surface area (Å²) >= 11 is 1.41. The van der Waals surface area contributed by atoms with Gasteiger partial charge in [-0.2, -0.15) is 0 Å². The van der Waals surface area contributed by atoms with Gasteiger partial charge in [-0.15, -0.1) is 11.3 Å². The molecule has 0 fully saturated rings. The topological polar surface area (TPSA) is 71.1 Å². The number of nitrogens with one attached hydrogen (secondary N) is 2. The quantitative estimate of drug-likeness (QED) is 0.906. The summed E-state index contributed by atoms with van der Waals surface area (Å²) in [4.78, 5) is 29.8. The van der Waals surface area contributed by atoms with Gasteiger partial charge >= 0.3 is 0 Å². The Balaban J connectivity index is 1.86. The van der Waals surface area contributed by atoms with Crippen molar-refractivity contribution < 1.29 is 14.0 Å². The molecule has 0 radical (unpaired) electrons. The predicted molar refractivity (Wildman–Crippen MR) is 87.2 cm³/mol. The second-order valence-electron chi connectivity index (χ2n) is 5.40. The van der Waals surface area contributed by atoms with Gasteiger partial charge in [0.05, 0.1) is 11.6 Å². The minimum Gasteiger partial charge on any atom is -0.326 e. The number of fused-ring (bicyclic) bond motifs is 1. The van der Waals surface area contributed by atoms with Crippen LogP contribution >= 0.6 is 11.3 Å². The molecule has 3 rings (SSSR count). The fraction of sp³-hybridized carbons (Fsp3) is 0.312. The van der Waals surface area contributed by atoms with Crippen LogP contribution in [0.1, 0.15) is 35.4 Å². The smallest absolute Gasteiger partial charge is 0.234 e. The molecule has 1 aromatic carbocycles. The van der Waals surface area contributed by atoms with E-state index in [1.165, 1.54) is 23.5 Å². The molecule has 5 nitrogen and oxygen atoms in total. The van der Waals surface area contributed by atoms with Crippen molar-refractivity contribution in [1.82, 2.24) is 4.98 Å². The molecule has 2 heterocycles. The van der Waals surface area contributed by atoms with Gasteiger partial charge in [0.15, 0.2) is 5.13 Å². The average molecular weight is 333 g/mol. The third-order valence-corrected chi connectivity index (χ3v) is 4.76. The number of carbonyl (C=O) groups excluding carboxylic acids is 2. The normalized spacial score (nSPS) is 16.7. The zero-order valence-electron chi connectivity index (χ0n) is 12.8. The van der Waals surface area contributed by atoms with Gasteiger partial charge in [0.25, 0.3) is 0 Å². The van der Waals surface area contributed by atoms with E-state index < -0.39 is 11.7 Å². The molecular weight excluding hydrogens is 317 g/mol. The fourth-order valence-corrected chi connectivity index (χ4v) is 3.58. The van der Waals surface area contributed by atoms with Crippen LogP contribution in [0.4, 0.5) is 15.2 Å². The number of rotatable bonds is 3. The van der Waals surface area contributed by atoms with Crippen molar-refractivity contribution in [3.63, 3.8) is 0 Å². The summed E-state index contributed by atoms with van der Waals surface area (Å²) in [7, 11) is 0. The molecule has 1 aliphatic rings. The van der Waals surface area contributed by atoms with E-state index in [-0.39, 0.29) is 18.2 Å². The summed E-state index contributed by atoms with van der Waals surface area (Å²) in [6.07, 6.45) is 0.835. The Labute approximate surface area is 136 Å². The van der Waals surface area contributed by atoms with Crippen molar-refractivity contribution >= 4 is 34.0 Å². The predicted octanol–water partition coefficient (Wildman–Crippen LogP) is 3.22. The van der Waals surface area contributed by atoms with Crippen LogP contribution in [0.5, 0.6) is 0 Å². The molecule has 1 atom stereocenters. The highest BCUT2D eigenvalue weighted by Crippen LogP contribution is 2.34. The number of nitrogens with zero attached hydrogens (tertiary/aromatic N) is 1. The zero-order valence-corrected chi connectivity index (χ0v) is 13.6. The lowest BCUT2D eigenvalue weighted by molar-refractivity contribution is -0.123. The largest absolute Gasteiger partial charge is 0.326 e. The van der Waals surface area contributed by atoms with Crippen molar-refractivity contribution in [3.05, 3.63) is 40.2 Å². The molecular formula is C16H16FN3O2S. The summed E-state index contributed by atoms with van der Waals surface area (Å²) in [5.74, 6) is -1.70. The van der Waals surface area contributed by atoms with Crippen molar-refractivity contribution in [2.45, 2.75) is 32.6 Å². The van der Waals surface area contributed by atoms with Crippen LogP contribution in [0.2, 0.25) is 0 Å². The number of carbonyl (C=O) groups is 2. The Kier molecular flexibility index (Phi) is 4.12. The van der Waals surface area contributed by atoms with E-state index in [0.29, 0.717) is 16.4 Å². The highest BCUT2D eigenvalue weighted by atomic mass is 32.1. The van der Waals surface area contributed by atoms with Gasteiger partial charge in [0.1, 0.15) is 5.82 Å². The van der Waals surface area contributed by atoms with Crippen molar-refractivity contribution in [2.24, 2.45) is 0 Å². The first kappa shape index (κ1) is 15.6.